The fourth-order valence-corrected chi connectivity index (χ4v) is 2.28. The van der Waals surface area contributed by atoms with Gasteiger partial charge in [0.2, 0.25) is 0 Å². The highest BCUT2D eigenvalue weighted by Crippen LogP contribution is 2.24. The minimum Gasteiger partial charge on any atom is -0.357 e. The van der Waals surface area contributed by atoms with Gasteiger partial charge in [-0.1, -0.05) is 27.7 Å². The first-order valence-corrected chi connectivity index (χ1v) is 7.09. The molecule has 2 N–H and O–H groups in total. The molecule has 20 heavy (non-hydrogen) atoms. The molecule has 2 aromatic heterocycles. The van der Waals surface area contributed by atoms with Gasteiger partial charge in [-0.05, 0) is 23.9 Å². The zero-order chi connectivity index (χ0) is 14.9. The predicted octanol–water partition coefficient (Wildman–Crippen LogP) is 2.27. The predicted molar refractivity (Wildman–Crippen MR) is 83.2 cm³/mol. The molecule has 0 aliphatic rings. The number of aromatic nitrogens is 3. The van der Waals surface area contributed by atoms with Gasteiger partial charge < -0.3 is 10.6 Å². The van der Waals surface area contributed by atoms with Gasteiger partial charge in [-0.3, -0.25) is 0 Å². The van der Waals surface area contributed by atoms with Crippen LogP contribution in [0.2, 0.25) is 0 Å². The molecule has 110 valence electrons. The van der Waals surface area contributed by atoms with Crippen molar-refractivity contribution in [3.63, 3.8) is 0 Å². The SMILES string of the molecule is CC(C)c1cc2c(N(C)CC(C)(C)CN)nccn2n1. The normalized spacial score (nSPS) is 12.3. The number of fused-ring (bicyclic) bond motifs is 1. The molecule has 0 spiro atoms. The van der Waals surface area contributed by atoms with Crippen LogP contribution < -0.4 is 10.6 Å². The van der Waals surface area contributed by atoms with Gasteiger partial charge >= 0.3 is 0 Å². The number of anilines is 1. The van der Waals surface area contributed by atoms with Crippen molar-refractivity contribution in [1.82, 2.24) is 14.6 Å². The van der Waals surface area contributed by atoms with E-state index in [2.05, 4.69) is 55.8 Å². The fourth-order valence-electron chi connectivity index (χ4n) is 2.28. The van der Waals surface area contributed by atoms with Gasteiger partial charge in [0, 0.05) is 26.0 Å². The monoisotopic (exact) mass is 275 g/mol. The van der Waals surface area contributed by atoms with E-state index in [0.29, 0.717) is 12.5 Å². The standard InChI is InChI=1S/C15H25N5/c1-11(2)12-8-13-14(17-6-7-20(13)18-12)19(5)10-15(3,4)9-16/h6-8,11H,9-10,16H2,1-5H3. The summed E-state index contributed by atoms with van der Waals surface area (Å²) in [4.78, 5) is 6.68. The smallest absolute Gasteiger partial charge is 0.154 e. The van der Waals surface area contributed by atoms with Crippen LogP contribution >= 0.6 is 0 Å². The van der Waals surface area contributed by atoms with Crippen molar-refractivity contribution in [3.8, 4) is 0 Å². The summed E-state index contributed by atoms with van der Waals surface area (Å²) in [5.41, 5.74) is 8.02. The first-order chi connectivity index (χ1) is 9.34. The maximum Gasteiger partial charge on any atom is 0.154 e. The van der Waals surface area contributed by atoms with Gasteiger partial charge in [-0.25, -0.2) is 9.50 Å². The Bertz CT molecular complexity index is 585. The minimum absolute atomic E-state index is 0.0597. The topological polar surface area (TPSA) is 59.5 Å². The van der Waals surface area contributed by atoms with E-state index in [1.54, 1.807) is 6.20 Å². The molecule has 0 radical (unpaired) electrons. The Morgan fingerprint density at radius 2 is 2.10 bits per heavy atom. The maximum atomic E-state index is 5.82. The van der Waals surface area contributed by atoms with Crippen molar-refractivity contribution in [1.29, 1.82) is 0 Å². The molecule has 0 atom stereocenters. The third kappa shape index (κ3) is 2.93. The summed E-state index contributed by atoms with van der Waals surface area (Å²) in [5.74, 6) is 1.36. The molecule has 5 heteroatoms. The molecule has 0 aliphatic carbocycles. The van der Waals surface area contributed by atoms with Crippen molar-refractivity contribution in [3.05, 3.63) is 24.2 Å². The first kappa shape index (κ1) is 14.8. The molecule has 0 aromatic carbocycles. The highest BCUT2D eigenvalue weighted by Gasteiger charge is 2.21. The van der Waals surface area contributed by atoms with Crippen LogP contribution in [0.1, 0.15) is 39.3 Å². The second-order valence-electron chi connectivity index (χ2n) is 6.53. The molecule has 0 unspecified atom stereocenters. The molecule has 2 rings (SSSR count). The van der Waals surface area contributed by atoms with E-state index in [0.717, 1.165) is 23.6 Å². The van der Waals surface area contributed by atoms with Crippen molar-refractivity contribution >= 4 is 11.3 Å². The fraction of sp³-hybridized carbons (Fsp3) is 0.600. The van der Waals surface area contributed by atoms with E-state index in [9.17, 15) is 0 Å². The van der Waals surface area contributed by atoms with Crippen molar-refractivity contribution < 1.29 is 0 Å². The molecule has 0 amide bonds. The van der Waals surface area contributed by atoms with Crippen molar-refractivity contribution in [2.45, 2.75) is 33.6 Å². The summed E-state index contributed by atoms with van der Waals surface area (Å²) in [6, 6.07) is 2.12. The average Bonchev–Trinajstić information content (AvgIpc) is 2.81. The minimum atomic E-state index is 0.0597. The van der Waals surface area contributed by atoms with Crippen LogP contribution in [0.25, 0.3) is 5.52 Å². The summed E-state index contributed by atoms with van der Waals surface area (Å²) in [6.07, 6.45) is 3.69. The molecular weight excluding hydrogens is 250 g/mol. The summed E-state index contributed by atoms with van der Waals surface area (Å²) < 4.78 is 1.91. The van der Waals surface area contributed by atoms with E-state index in [1.807, 2.05) is 10.7 Å². The first-order valence-electron chi connectivity index (χ1n) is 7.09. The largest absolute Gasteiger partial charge is 0.357 e. The van der Waals surface area contributed by atoms with Crippen LogP contribution in [0, 0.1) is 5.41 Å². The molecule has 2 aromatic rings. The highest BCUT2D eigenvalue weighted by molar-refractivity contribution is 5.69. The average molecular weight is 275 g/mol. The lowest BCUT2D eigenvalue weighted by molar-refractivity contribution is 0.384. The number of rotatable bonds is 5. The highest BCUT2D eigenvalue weighted by atomic mass is 15.3. The molecule has 2 heterocycles. The van der Waals surface area contributed by atoms with E-state index in [-0.39, 0.29) is 5.41 Å². The van der Waals surface area contributed by atoms with Gasteiger partial charge in [-0.2, -0.15) is 5.10 Å². The van der Waals surface area contributed by atoms with Crippen LogP contribution in [0.3, 0.4) is 0 Å². The second-order valence-corrected chi connectivity index (χ2v) is 6.53. The lowest BCUT2D eigenvalue weighted by Gasteiger charge is -2.29. The van der Waals surface area contributed by atoms with Crippen LogP contribution in [0.15, 0.2) is 18.5 Å². The number of hydrogen-bond acceptors (Lipinski definition) is 4. The van der Waals surface area contributed by atoms with Crippen LogP contribution in [-0.4, -0.2) is 34.7 Å². The zero-order valence-electron chi connectivity index (χ0n) is 13.1. The van der Waals surface area contributed by atoms with E-state index in [1.165, 1.54) is 0 Å². The molecule has 0 fully saturated rings. The zero-order valence-corrected chi connectivity index (χ0v) is 13.1. The Morgan fingerprint density at radius 3 is 2.70 bits per heavy atom. The summed E-state index contributed by atoms with van der Waals surface area (Å²) in [7, 11) is 2.06. The molecule has 0 saturated heterocycles. The van der Waals surface area contributed by atoms with E-state index >= 15 is 0 Å². The third-order valence-electron chi connectivity index (χ3n) is 3.56. The Morgan fingerprint density at radius 1 is 1.40 bits per heavy atom. The van der Waals surface area contributed by atoms with E-state index in [4.69, 9.17) is 5.73 Å². The summed E-state index contributed by atoms with van der Waals surface area (Å²) in [6.45, 7) is 10.1. The molecule has 5 nitrogen and oxygen atoms in total. The Labute approximate surface area is 120 Å². The summed E-state index contributed by atoms with van der Waals surface area (Å²) >= 11 is 0. The van der Waals surface area contributed by atoms with Crippen molar-refractivity contribution in [2.75, 3.05) is 25.0 Å². The van der Waals surface area contributed by atoms with Gasteiger partial charge in [0.25, 0.3) is 0 Å². The van der Waals surface area contributed by atoms with Gasteiger partial charge in [-0.15, -0.1) is 0 Å². The van der Waals surface area contributed by atoms with Crippen LogP contribution in [0.5, 0.6) is 0 Å². The Kier molecular flexibility index (Phi) is 3.99. The molecular formula is C15H25N5. The quantitative estimate of drug-likeness (QED) is 0.909. The lowest BCUT2D eigenvalue weighted by atomic mass is 9.93. The maximum absolute atomic E-state index is 5.82. The van der Waals surface area contributed by atoms with Gasteiger partial charge in [0.05, 0.1) is 5.69 Å². The lowest BCUT2D eigenvalue weighted by Crippen LogP contribution is -2.37. The number of hydrogen-bond donors (Lipinski definition) is 1. The molecule has 0 saturated carbocycles. The van der Waals surface area contributed by atoms with Crippen LogP contribution in [-0.2, 0) is 0 Å². The van der Waals surface area contributed by atoms with E-state index < -0.39 is 0 Å². The van der Waals surface area contributed by atoms with Crippen molar-refractivity contribution in [2.24, 2.45) is 11.1 Å². The second kappa shape index (κ2) is 5.40. The number of nitrogens with two attached hydrogens (primary N) is 1. The third-order valence-corrected chi connectivity index (χ3v) is 3.56. The molecule has 0 aliphatic heterocycles. The number of nitrogens with zero attached hydrogens (tertiary/aromatic N) is 4. The van der Waals surface area contributed by atoms with Gasteiger partial charge in [0.1, 0.15) is 5.52 Å². The van der Waals surface area contributed by atoms with Crippen LogP contribution in [0.4, 0.5) is 5.82 Å². The Hall–Kier alpha value is -1.62. The summed E-state index contributed by atoms with van der Waals surface area (Å²) in [5, 5.41) is 4.60. The Balaban J connectivity index is 2.38. The van der Waals surface area contributed by atoms with Gasteiger partial charge in [0.15, 0.2) is 5.82 Å². The molecule has 0 bridgehead atoms.